The maximum absolute atomic E-state index is 11.9. The van der Waals surface area contributed by atoms with Crippen molar-refractivity contribution in [2.75, 3.05) is 5.32 Å². The van der Waals surface area contributed by atoms with Gasteiger partial charge in [0, 0.05) is 5.69 Å². The number of nitrogens with zero attached hydrogens (tertiary/aromatic N) is 4. The summed E-state index contributed by atoms with van der Waals surface area (Å²) in [5.74, 6) is -0.150. The Morgan fingerprint density at radius 2 is 2.26 bits per heavy atom. The quantitative estimate of drug-likeness (QED) is 0.898. The lowest BCUT2D eigenvalue weighted by Gasteiger charge is -2.10. The average molecular weight is 255 g/mol. The van der Waals surface area contributed by atoms with E-state index in [1.165, 1.54) is 11.0 Å². The highest BCUT2D eigenvalue weighted by molar-refractivity contribution is 5.91. The van der Waals surface area contributed by atoms with Crippen molar-refractivity contribution in [3.05, 3.63) is 41.5 Å². The van der Waals surface area contributed by atoms with E-state index in [9.17, 15) is 4.79 Å². The van der Waals surface area contributed by atoms with Crippen LogP contribution in [0.4, 0.5) is 5.69 Å². The molecule has 0 unspecified atom stereocenters. The highest BCUT2D eigenvalue weighted by atomic mass is 16.2. The maximum Gasteiger partial charge on any atom is 0.252 e. The lowest BCUT2D eigenvalue weighted by molar-refractivity contribution is -0.116. The van der Waals surface area contributed by atoms with E-state index in [1.807, 2.05) is 38.1 Å². The van der Waals surface area contributed by atoms with Gasteiger partial charge in [0.25, 0.3) is 5.82 Å². The van der Waals surface area contributed by atoms with Crippen molar-refractivity contribution in [1.82, 2.24) is 14.8 Å². The predicted molar refractivity (Wildman–Crippen MR) is 69.3 cm³/mol. The molecule has 0 aliphatic rings. The van der Waals surface area contributed by atoms with Crippen LogP contribution in [0.1, 0.15) is 17.0 Å². The normalized spacial score (nSPS) is 9.95. The van der Waals surface area contributed by atoms with Gasteiger partial charge in [0.2, 0.25) is 5.91 Å². The summed E-state index contributed by atoms with van der Waals surface area (Å²) in [6.07, 6.45) is 1.36. The van der Waals surface area contributed by atoms with Crippen LogP contribution in [0.15, 0.2) is 24.5 Å². The van der Waals surface area contributed by atoms with Crippen molar-refractivity contribution in [3.63, 3.8) is 0 Å². The Bertz CT molecular complexity index is 653. The predicted octanol–water partition coefficient (Wildman–Crippen LogP) is 1.41. The van der Waals surface area contributed by atoms with Crippen LogP contribution in [0.2, 0.25) is 0 Å². The van der Waals surface area contributed by atoms with Crippen LogP contribution in [0, 0.1) is 25.2 Å². The highest BCUT2D eigenvalue weighted by Gasteiger charge is 2.08. The third-order valence-corrected chi connectivity index (χ3v) is 2.82. The largest absolute Gasteiger partial charge is 0.324 e. The first-order valence-electron chi connectivity index (χ1n) is 5.76. The number of amides is 1. The molecule has 1 aromatic carbocycles. The standard InChI is InChI=1S/C13H13N5O/c1-9-4-3-5-11(10(9)2)16-13(19)7-18-8-15-12(6-14)17-18/h3-5,8H,7H2,1-2H3,(H,16,19). The van der Waals surface area contributed by atoms with Crippen molar-refractivity contribution < 1.29 is 4.79 Å². The molecule has 1 amide bonds. The fourth-order valence-corrected chi connectivity index (χ4v) is 1.65. The van der Waals surface area contributed by atoms with E-state index in [0.29, 0.717) is 0 Å². The summed E-state index contributed by atoms with van der Waals surface area (Å²) in [5, 5.41) is 15.2. The summed E-state index contributed by atoms with van der Waals surface area (Å²) >= 11 is 0. The molecule has 0 fully saturated rings. The SMILES string of the molecule is Cc1cccc(NC(=O)Cn2cnc(C#N)n2)c1C. The molecule has 96 valence electrons. The first-order chi connectivity index (χ1) is 9.10. The van der Waals surface area contributed by atoms with E-state index in [4.69, 9.17) is 5.26 Å². The number of carbonyl (C=O) groups is 1. The Morgan fingerprint density at radius 3 is 2.95 bits per heavy atom. The Labute approximate surface area is 110 Å². The zero-order valence-electron chi connectivity index (χ0n) is 10.7. The fourth-order valence-electron chi connectivity index (χ4n) is 1.65. The van der Waals surface area contributed by atoms with Gasteiger partial charge in [-0.1, -0.05) is 12.1 Å². The molecule has 0 saturated carbocycles. The molecule has 0 atom stereocenters. The van der Waals surface area contributed by atoms with Gasteiger partial charge >= 0.3 is 0 Å². The van der Waals surface area contributed by atoms with Crippen LogP contribution in [-0.4, -0.2) is 20.7 Å². The number of anilines is 1. The summed E-state index contributed by atoms with van der Waals surface area (Å²) < 4.78 is 1.33. The van der Waals surface area contributed by atoms with Gasteiger partial charge in [-0.3, -0.25) is 4.79 Å². The molecule has 1 heterocycles. The van der Waals surface area contributed by atoms with Crippen molar-refractivity contribution >= 4 is 11.6 Å². The van der Waals surface area contributed by atoms with Gasteiger partial charge in [-0.2, -0.15) is 5.26 Å². The van der Waals surface area contributed by atoms with E-state index in [1.54, 1.807) is 0 Å². The highest BCUT2D eigenvalue weighted by Crippen LogP contribution is 2.17. The zero-order valence-corrected chi connectivity index (χ0v) is 10.7. The molecule has 0 saturated heterocycles. The van der Waals surface area contributed by atoms with Crippen molar-refractivity contribution in [1.29, 1.82) is 5.26 Å². The second-order valence-electron chi connectivity index (χ2n) is 4.17. The lowest BCUT2D eigenvalue weighted by Crippen LogP contribution is -2.19. The third kappa shape index (κ3) is 2.96. The molecule has 2 aromatic rings. The molecule has 0 bridgehead atoms. The van der Waals surface area contributed by atoms with Crippen molar-refractivity contribution in [2.45, 2.75) is 20.4 Å². The van der Waals surface area contributed by atoms with Crippen LogP contribution in [0.5, 0.6) is 0 Å². The Morgan fingerprint density at radius 1 is 1.47 bits per heavy atom. The monoisotopic (exact) mass is 255 g/mol. The molecule has 1 N–H and O–H groups in total. The number of aromatic nitrogens is 3. The number of benzene rings is 1. The molecule has 6 heteroatoms. The smallest absolute Gasteiger partial charge is 0.252 e. The van der Waals surface area contributed by atoms with Crippen molar-refractivity contribution in [3.8, 4) is 6.07 Å². The summed E-state index contributed by atoms with van der Waals surface area (Å²) in [5.41, 5.74) is 2.93. The van der Waals surface area contributed by atoms with Gasteiger partial charge in [0.15, 0.2) is 0 Å². The van der Waals surface area contributed by atoms with E-state index in [-0.39, 0.29) is 18.3 Å². The van der Waals surface area contributed by atoms with Crippen LogP contribution in [0.3, 0.4) is 0 Å². The molecule has 0 aliphatic carbocycles. The molecular weight excluding hydrogens is 242 g/mol. The Hall–Kier alpha value is -2.68. The van der Waals surface area contributed by atoms with E-state index in [2.05, 4.69) is 15.4 Å². The lowest BCUT2D eigenvalue weighted by atomic mass is 10.1. The van der Waals surface area contributed by atoms with Crippen LogP contribution >= 0.6 is 0 Å². The zero-order chi connectivity index (χ0) is 13.8. The minimum absolute atomic E-state index is 0.0298. The molecule has 6 nitrogen and oxygen atoms in total. The summed E-state index contributed by atoms with van der Waals surface area (Å²) in [7, 11) is 0. The van der Waals surface area contributed by atoms with Gasteiger partial charge in [-0.15, -0.1) is 5.10 Å². The molecular formula is C13H13N5O. The minimum Gasteiger partial charge on any atom is -0.324 e. The topological polar surface area (TPSA) is 83.6 Å². The summed E-state index contributed by atoms with van der Waals surface area (Å²) in [6.45, 7) is 3.97. The van der Waals surface area contributed by atoms with E-state index >= 15 is 0 Å². The molecule has 0 aliphatic heterocycles. The van der Waals surface area contributed by atoms with E-state index in [0.717, 1.165) is 16.8 Å². The maximum atomic E-state index is 11.9. The van der Waals surface area contributed by atoms with Gasteiger partial charge in [0.05, 0.1) is 0 Å². The van der Waals surface area contributed by atoms with Gasteiger partial charge in [-0.05, 0) is 31.0 Å². The summed E-state index contributed by atoms with van der Waals surface area (Å²) in [6, 6.07) is 7.54. The number of hydrogen-bond donors (Lipinski definition) is 1. The van der Waals surface area contributed by atoms with Crippen LogP contribution in [0.25, 0.3) is 0 Å². The Kier molecular flexibility index (Phi) is 3.57. The second-order valence-corrected chi connectivity index (χ2v) is 4.17. The van der Waals surface area contributed by atoms with Gasteiger partial charge in [-0.25, -0.2) is 9.67 Å². The molecule has 0 spiro atoms. The van der Waals surface area contributed by atoms with Gasteiger partial charge in [0.1, 0.15) is 18.9 Å². The molecule has 1 aromatic heterocycles. The number of rotatable bonds is 3. The number of aryl methyl sites for hydroxylation is 1. The second kappa shape index (κ2) is 5.31. The number of hydrogen-bond acceptors (Lipinski definition) is 4. The van der Waals surface area contributed by atoms with Crippen LogP contribution < -0.4 is 5.32 Å². The number of nitriles is 1. The fraction of sp³-hybridized carbons (Fsp3) is 0.231. The van der Waals surface area contributed by atoms with Crippen LogP contribution in [-0.2, 0) is 11.3 Å². The summed E-state index contributed by atoms with van der Waals surface area (Å²) in [4.78, 5) is 15.6. The number of carbonyl (C=O) groups excluding carboxylic acids is 1. The minimum atomic E-state index is -0.205. The molecule has 19 heavy (non-hydrogen) atoms. The first-order valence-corrected chi connectivity index (χ1v) is 5.76. The first kappa shape index (κ1) is 12.8. The number of nitrogens with one attached hydrogen (secondary N) is 1. The van der Waals surface area contributed by atoms with Crippen molar-refractivity contribution in [2.24, 2.45) is 0 Å². The third-order valence-electron chi connectivity index (χ3n) is 2.82. The van der Waals surface area contributed by atoms with E-state index < -0.39 is 0 Å². The Balaban J connectivity index is 2.05. The molecule has 0 radical (unpaired) electrons. The average Bonchev–Trinajstić information content (AvgIpc) is 2.82. The molecule has 2 rings (SSSR count). The van der Waals surface area contributed by atoms with Gasteiger partial charge < -0.3 is 5.32 Å².